The van der Waals surface area contributed by atoms with Gasteiger partial charge in [0.1, 0.15) is 11.9 Å². The summed E-state index contributed by atoms with van der Waals surface area (Å²) in [5.41, 5.74) is 1.97. The number of methoxy groups -OCH3 is 1. The number of morpholine rings is 1. The second kappa shape index (κ2) is 9.82. The Balaban J connectivity index is 0.00000256. The lowest BCUT2D eigenvalue weighted by molar-refractivity contribution is -0.161. The summed E-state index contributed by atoms with van der Waals surface area (Å²) in [5.74, 6) is 1.02. The van der Waals surface area contributed by atoms with Gasteiger partial charge in [0.05, 0.1) is 19.3 Å². The van der Waals surface area contributed by atoms with Crippen LogP contribution in [0.3, 0.4) is 0 Å². The molecule has 2 aliphatic rings. The number of para-hydroxylation sites is 2. The largest absolute Gasteiger partial charge is 0.496 e. The van der Waals surface area contributed by atoms with Gasteiger partial charge in [0.25, 0.3) is 5.91 Å². The molecule has 0 saturated carbocycles. The van der Waals surface area contributed by atoms with E-state index in [4.69, 9.17) is 9.47 Å². The summed E-state index contributed by atoms with van der Waals surface area (Å²) < 4.78 is 11.8. The SMILES string of the molecule is COc1ccccc1CCN1CCC2(CC1)CN(c1ccccc1)C(=O)C(C)O2.Cl. The van der Waals surface area contributed by atoms with E-state index < -0.39 is 6.10 Å². The fraction of sp³-hybridized carbons (Fsp3) is 0.458. The maximum Gasteiger partial charge on any atom is 0.255 e. The van der Waals surface area contributed by atoms with Crippen molar-refractivity contribution in [1.82, 2.24) is 4.90 Å². The lowest BCUT2D eigenvalue weighted by atomic mass is 9.88. The van der Waals surface area contributed by atoms with Crippen molar-refractivity contribution in [3.05, 3.63) is 60.2 Å². The van der Waals surface area contributed by atoms with Gasteiger partial charge >= 0.3 is 0 Å². The normalized spacial score (nSPS) is 21.3. The van der Waals surface area contributed by atoms with Gasteiger partial charge in [-0.15, -0.1) is 12.4 Å². The minimum absolute atomic E-state index is 0. The topological polar surface area (TPSA) is 42.0 Å². The number of carbonyl (C=O) groups is 1. The average Bonchev–Trinajstić information content (AvgIpc) is 2.77. The molecule has 1 unspecified atom stereocenters. The van der Waals surface area contributed by atoms with Crippen molar-refractivity contribution in [2.24, 2.45) is 0 Å². The van der Waals surface area contributed by atoms with Gasteiger partial charge in [-0.25, -0.2) is 0 Å². The molecule has 0 radical (unpaired) electrons. The number of carbonyl (C=O) groups excluding carboxylic acids is 1. The number of likely N-dealkylation sites (tertiary alicyclic amines) is 1. The van der Waals surface area contributed by atoms with Crippen molar-refractivity contribution < 1.29 is 14.3 Å². The minimum Gasteiger partial charge on any atom is -0.496 e. The Morgan fingerprint density at radius 2 is 1.73 bits per heavy atom. The first kappa shape index (κ1) is 22.6. The van der Waals surface area contributed by atoms with Gasteiger partial charge in [-0.3, -0.25) is 4.79 Å². The summed E-state index contributed by atoms with van der Waals surface area (Å²) >= 11 is 0. The van der Waals surface area contributed by atoms with Crippen molar-refractivity contribution in [3.63, 3.8) is 0 Å². The van der Waals surface area contributed by atoms with Crippen LogP contribution >= 0.6 is 12.4 Å². The third kappa shape index (κ3) is 4.80. The van der Waals surface area contributed by atoms with Crippen LogP contribution in [-0.4, -0.2) is 55.8 Å². The van der Waals surface area contributed by atoms with Crippen LogP contribution in [0.25, 0.3) is 0 Å². The minimum atomic E-state index is -0.399. The predicted molar refractivity (Wildman–Crippen MR) is 122 cm³/mol. The fourth-order valence-corrected chi connectivity index (χ4v) is 4.52. The van der Waals surface area contributed by atoms with Crippen molar-refractivity contribution in [2.75, 3.05) is 38.2 Å². The lowest BCUT2D eigenvalue weighted by Gasteiger charge is -2.49. The van der Waals surface area contributed by atoms with Crippen LogP contribution in [0.1, 0.15) is 25.3 Å². The molecule has 6 heteroatoms. The number of piperidine rings is 1. The van der Waals surface area contributed by atoms with Crippen LogP contribution in [0.2, 0.25) is 0 Å². The molecule has 30 heavy (non-hydrogen) atoms. The van der Waals surface area contributed by atoms with E-state index in [0.29, 0.717) is 6.54 Å². The molecule has 162 valence electrons. The van der Waals surface area contributed by atoms with Gasteiger partial charge in [-0.05, 0) is 49.9 Å². The van der Waals surface area contributed by atoms with Gasteiger partial charge in [0.2, 0.25) is 0 Å². The Bertz CT molecular complexity index is 837. The van der Waals surface area contributed by atoms with E-state index in [1.54, 1.807) is 7.11 Å². The Labute approximate surface area is 185 Å². The molecule has 2 aromatic rings. The standard InChI is InChI=1S/C24H30N2O3.ClH/c1-19-23(27)26(21-9-4-3-5-10-21)18-24(29-19)13-16-25(17-14-24)15-12-20-8-6-7-11-22(20)28-2;/h3-11,19H,12-18H2,1-2H3;1H. The zero-order valence-electron chi connectivity index (χ0n) is 17.8. The third-order valence-electron chi connectivity index (χ3n) is 6.21. The molecule has 5 nitrogen and oxygen atoms in total. The summed E-state index contributed by atoms with van der Waals surface area (Å²) in [7, 11) is 1.73. The Morgan fingerprint density at radius 1 is 1.07 bits per heavy atom. The van der Waals surface area contributed by atoms with E-state index in [9.17, 15) is 4.79 Å². The number of rotatable bonds is 5. The molecule has 1 amide bonds. The van der Waals surface area contributed by atoms with E-state index in [-0.39, 0.29) is 23.9 Å². The number of ether oxygens (including phenoxy) is 2. The second-order valence-corrected chi connectivity index (χ2v) is 8.11. The number of anilines is 1. The molecule has 2 fully saturated rings. The Hall–Kier alpha value is -2.08. The van der Waals surface area contributed by atoms with Gasteiger partial charge < -0.3 is 19.3 Å². The lowest BCUT2D eigenvalue weighted by Crippen LogP contribution is -2.61. The number of hydrogen-bond acceptors (Lipinski definition) is 4. The van der Waals surface area contributed by atoms with Crippen molar-refractivity contribution in [2.45, 2.75) is 37.9 Å². The number of halogens is 1. The average molecular weight is 431 g/mol. The van der Waals surface area contributed by atoms with Gasteiger partial charge in [-0.1, -0.05) is 36.4 Å². The highest BCUT2D eigenvalue weighted by molar-refractivity contribution is 5.97. The molecule has 0 bridgehead atoms. The molecule has 2 saturated heterocycles. The Morgan fingerprint density at radius 3 is 2.43 bits per heavy atom. The quantitative estimate of drug-likeness (QED) is 0.720. The van der Waals surface area contributed by atoms with E-state index in [1.165, 1.54) is 5.56 Å². The molecule has 4 rings (SSSR count). The smallest absolute Gasteiger partial charge is 0.255 e. The summed E-state index contributed by atoms with van der Waals surface area (Å²) in [6, 6.07) is 18.2. The highest BCUT2D eigenvalue weighted by atomic mass is 35.5. The number of hydrogen-bond donors (Lipinski definition) is 0. The van der Waals surface area contributed by atoms with Gasteiger partial charge in [0, 0.05) is 25.3 Å². The van der Waals surface area contributed by atoms with E-state index in [2.05, 4.69) is 17.0 Å². The molecule has 0 N–H and O–H groups in total. The van der Waals surface area contributed by atoms with Crippen molar-refractivity contribution >= 4 is 24.0 Å². The molecule has 2 heterocycles. The van der Waals surface area contributed by atoms with Crippen LogP contribution in [0.5, 0.6) is 5.75 Å². The highest BCUT2D eigenvalue weighted by Gasteiger charge is 2.45. The highest BCUT2D eigenvalue weighted by Crippen LogP contribution is 2.35. The molecule has 1 atom stereocenters. The first-order chi connectivity index (χ1) is 14.1. The summed E-state index contributed by atoms with van der Waals surface area (Å²) in [4.78, 5) is 17.1. The number of nitrogens with zero attached hydrogens (tertiary/aromatic N) is 2. The molecular formula is C24H31ClN2O3. The van der Waals surface area contributed by atoms with Crippen molar-refractivity contribution in [3.8, 4) is 5.75 Å². The Kier molecular flexibility index (Phi) is 7.40. The molecule has 0 aromatic heterocycles. The first-order valence-corrected chi connectivity index (χ1v) is 10.5. The summed E-state index contributed by atoms with van der Waals surface area (Å²) in [6.45, 7) is 5.50. The van der Waals surface area contributed by atoms with Crippen molar-refractivity contribution in [1.29, 1.82) is 0 Å². The zero-order chi connectivity index (χ0) is 20.3. The second-order valence-electron chi connectivity index (χ2n) is 8.11. The molecule has 2 aromatic carbocycles. The van der Waals surface area contributed by atoms with Crippen LogP contribution in [0.15, 0.2) is 54.6 Å². The van der Waals surface area contributed by atoms with Crippen LogP contribution in [0, 0.1) is 0 Å². The van der Waals surface area contributed by atoms with Gasteiger partial charge in [-0.2, -0.15) is 0 Å². The van der Waals surface area contributed by atoms with Gasteiger partial charge in [0.15, 0.2) is 0 Å². The predicted octanol–water partition coefficient (Wildman–Crippen LogP) is 3.95. The van der Waals surface area contributed by atoms with E-state index in [0.717, 1.165) is 50.3 Å². The maximum atomic E-state index is 12.7. The first-order valence-electron chi connectivity index (χ1n) is 10.5. The van der Waals surface area contributed by atoms with E-state index >= 15 is 0 Å². The van der Waals surface area contributed by atoms with Crippen LogP contribution in [-0.2, 0) is 16.0 Å². The third-order valence-corrected chi connectivity index (χ3v) is 6.21. The molecule has 2 aliphatic heterocycles. The van der Waals surface area contributed by atoms with Crippen LogP contribution < -0.4 is 9.64 Å². The van der Waals surface area contributed by atoms with E-state index in [1.807, 2.05) is 54.3 Å². The number of benzene rings is 2. The van der Waals surface area contributed by atoms with Crippen LogP contribution in [0.4, 0.5) is 5.69 Å². The summed E-state index contributed by atoms with van der Waals surface area (Å²) in [5, 5.41) is 0. The fourth-order valence-electron chi connectivity index (χ4n) is 4.52. The molecule has 1 spiro atoms. The monoisotopic (exact) mass is 430 g/mol. The molecule has 0 aliphatic carbocycles. The molecular weight excluding hydrogens is 400 g/mol. The maximum absolute atomic E-state index is 12.7. The number of amides is 1. The summed E-state index contributed by atoms with van der Waals surface area (Å²) in [6.07, 6.45) is 2.46. The zero-order valence-corrected chi connectivity index (χ0v) is 18.6.